The Balaban J connectivity index is 1.87. The van der Waals surface area contributed by atoms with Crippen molar-refractivity contribution in [1.82, 2.24) is 9.97 Å². The summed E-state index contributed by atoms with van der Waals surface area (Å²) in [5.41, 5.74) is 3.20. The molecule has 120 valence electrons. The maximum Gasteiger partial charge on any atom is 0.227 e. The van der Waals surface area contributed by atoms with E-state index in [1.165, 1.54) is 0 Å². The van der Waals surface area contributed by atoms with Crippen LogP contribution in [0.2, 0.25) is 0 Å². The number of rotatable bonds is 4. The van der Waals surface area contributed by atoms with E-state index in [1.54, 1.807) is 19.2 Å². The molecule has 4 nitrogen and oxygen atoms in total. The number of methoxy groups -OCH3 is 1. The van der Waals surface area contributed by atoms with Crippen molar-refractivity contribution in [3.05, 3.63) is 71.9 Å². The summed E-state index contributed by atoms with van der Waals surface area (Å²) in [4.78, 5) is 21.2. The predicted octanol–water partition coefficient (Wildman–Crippen LogP) is 4.39. The Hall–Kier alpha value is -2.66. The van der Waals surface area contributed by atoms with Crippen LogP contribution in [-0.2, 0) is 0 Å². The maximum absolute atomic E-state index is 12.3. The first-order valence-corrected chi connectivity index (χ1v) is 8.25. The molecule has 0 aliphatic heterocycles. The molecule has 3 aromatic rings. The normalized spacial score (nSPS) is 10.4. The first kappa shape index (κ1) is 16.2. The third kappa shape index (κ3) is 3.81. The van der Waals surface area contributed by atoms with Crippen LogP contribution in [0.15, 0.2) is 65.8 Å². The van der Waals surface area contributed by atoms with Gasteiger partial charge in [0.1, 0.15) is 5.75 Å². The SMILES string of the molecule is COc1ccc(-c2cc(C)nc(SC(=O)c3ccccc3)n2)cc1. The molecule has 1 heterocycles. The van der Waals surface area contributed by atoms with Gasteiger partial charge in [0.25, 0.3) is 0 Å². The molecule has 0 radical (unpaired) electrons. The van der Waals surface area contributed by atoms with Gasteiger partial charge in [-0.05, 0) is 49.0 Å². The van der Waals surface area contributed by atoms with E-state index in [1.807, 2.05) is 55.5 Å². The average Bonchev–Trinajstić information content (AvgIpc) is 2.62. The second kappa shape index (κ2) is 7.27. The standard InChI is InChI=1S/C19H16N2O2S/c1-13-12-17(14-8-10-16(23-2)11-9-14)21-19(20-13)24-18(22)15-6-4-3-5-7-15/h3-12H,1-2H3. The third-order valence-corrected chi connectivity index (χ3v) is 4.20. The zero-order valence-corrected chi connectivity index (χ0v) is 14.2. The van der Waals surface area contributed by atoms with E-state index >= 15 is 0 Å². The number of thioether (sulfide) groups is 1. The van der Waals surface area contributed by atoms with Gasteiger partial charge < -0.3 is 4.74 Å². The largest absolute Gasteiger partial charge is 0.497 e. The zero-order chi connectivity index (χ0) is 16.9. The highest BCUT2D eigenvalue weighted by Crippen LogP contribution is 2.25. The first-order chi connectivity index (χ1) is 11.7. The van der Waals surface area contributed by atoms with Gasteiger partial charge in [0.05, 0.1) is 12.8 Å². The summed E-state index contributed by atoms with van der Waals surface area (Å²) in [6, 6.07) is 18.7. The van der Waals surface area contributed by atoms with Crippen LogP contribution in [0.25, 0.3) is 11.3 Å². The number of benzene rings is 2. The molecule has 0 bridgehead atoms. The Bertz CT molecular complexity index is 849. The molecule has 1 aromatic heterocycles. The van der Waals surface area contributed by atoms with E-state index < -0.39 is 0 Å². The summed E-state index contributed by atoms with van der Waals surface area (Å²) in [7, 11) is 1.63. The van der Waals surface area contributed by atoms with Crippen molar-refractivity contribution in [2.45, 2.75) is 12.1 Å². The smallest absolute Gasteiger partial charge is 0.227 e. The molecule has 2 aromatic carbocycles. The molecule has 0 unspecified atom stereocenters. The van der Waals surface area contributed by atoms with Crippen molar-refractivity contribution in [3.63, 3.8) is 0 Å². The van der Waals surface area contributed by atoms with Crippen LogP contribution < -0.4 is 4.74 Å². The molecule has 0 aliphatic rings. The Morgan fingerprint density at radius 2 is 1.71 bits per heavy atom. The summed E-state index contributed by atoms with van der Waals surface area (Å²) in [6.45, 7) is 1.89. The van der Waals surface area contributed by atoms with Crippen LogP contribution in [0.5, 0.6) is 5.75 Å². The van der Waals surface area contributed by atoms with Crippen LogP contribution in [0.4, 0.5) is 0 Å². The molecule has 0 spiro atoms. The summed E-state index contributed by atoms with van der Waals surface area (Å²) in [6.07, 6.45) is 0. The number of nitrogens with zero attached hydrogens (tertiary/aromatic N) is 2. The fourth-order valence-corrected chi connectivity index (χ4v) is 2.97. The van der Waals surface area contributed by atoms with Gasteiger partial charge in [0.15, 0.2) is 5.16 Å². The number of carbonyl (C=O) groups excluding carboxylic acids is 1. The lowest BCUT2D eigenvalue weighted by Gasteiger charge is -2.06. The van der Waals surface area contributed by atoms with Gasteiger partial charge in [0.2, 0.25) is 5.12 Å². The van der Waals surface area contributed by atoms with Crippen LogP contribution >= 0.6 is 11.8 Å². The van der Waals surface area contributed by atoms with E-state index in [2.05, 4.69) is 9.97 Å². The lowest BCUT2D eigenvalue weighted by atomic mass is 10.1. The van der Waals surface area contributed by atoms with Crippen molar-refractivity contribution in [2.75, 3.05) is 7.11 Å². The number of ether oxygens (including phenoxy) is 1. The fraction of sp³-hybridized carbons (Fsp3) is 0.105. The summed E-state index contributed by atoms with van der Waals surface area (Å²) in [5.74, 6) is 0.790. The number of carbonyl (C=O) groups is 1. The first-order valence-electron chi connectivity index (χ1n) is 7.43. The monoisotopic (exact) mass is 336 g/mol. The molecule has 0 fully saturated rings. The maximum atomic E-state index is 12.3. The fourth-order valence-electron chi connectivity index (χ4n) is 2.21. The average molecular weight is 336 g/mol. The minimum atomic E-state index is -0.0677. The molecule has 0 aliphatic carbocycles. The summed E-state index contributed by atoms with van der Waals surface area (Å²) >= 11 is 1.04. The van der Waals surface area contributed by atoms with Crippen LogP contribution in [0.1, 0.15) is 16.1 Å². The Morgan fingerprint density at radius 1 is 1.00 bits per heavy atom. The van der Waals surface area contributed by atoms with Gasteiger partial charge in [0, 0.05) is 16.8 Å². The minimum absolute atomic E-state index is 0.0677. The van der Waals surface area contributed by atoms with Gasteiger partial charge in [-0.2, -0.15) is 0 Å². The van der Waals surface area contributed by atoms with Crippen molar-refractivity contribution in [3.8, 4) is 17.0 Å². The van der Waals surface area contributed by atoms with Gasteiger partial charge in [-0.25, -0.2) is 9.97 Å². The molecular formula is C19H16N2O2S. The number of aryl methyl sites for hydroxylation is 1. The van der Waals surface area contributed by atoms with Gasteiger partial charge >= 0.3 is 0 Å². The number of aromatic nitrogens is 2. The second-order valence-electron chi connectivity index (χ2n) is 5.16. The number of hydrogen-bond donors (Lipinski definition) is 0. The Morgan fingerprint density at radius 3 is 2.38 bits per heavy atom. The molecule has 5 heteroatoms. The lowest BCUT2D eigenvalue weighted by molar-refractivity contribution is 0.108. The van der Waals surface area contributed by atoms with Gasteiger partial charge in [-0.3, -0.25) is 4.79 Å². The quantitative estimate of drug-likeness (QED) is 0.522. The highest BCUT2D eigenvalue weighted by Gasteiger charge is 2.12. The van der Waals surface area contributed by atoms with Crippen molar-refractivity contribution < 1.29 is 9.53 Å². The zero-order valence-electron chi connectivity index (χ0n) is 13.4. The van der Waals surface area contributed by atoms with E-state index in [4.69, 9.17) is 4.74 Å². The molecule has 0 atom stereocenters. The van der Waals surface area contributed by atoms with Crippen LogP contribution in [0, 0.1) is 6.92 Å². The van der Waals surface area contributed by atoms with Crippen molar-refractivity contribution in [1.29, 1.82) is 0 Å². The molecule has 0 saturated carbocycles. The van der Waals surface area contributed by atoms with E-state index in [9.17, 15) is 4.79 Å². The second-order valence-corrected chi connectivity index (χ2v) is 6.10. The van der Waals surface area contributed by atoms with Gasteiger partial charge in [-0.15, -0.1) is 0 Å². The predicted molar refractivity (Wildman–Crippen MR) is 95.4 cm³/mol. The Kier molecular flexibility index (Phi) is 4.91. The highest BCUT2D eigenvalue weighted by atomic mass is 32.2. The minimum Gasteiger partial charge on any atom is -0.497 e. The third-order valence-electron chi connectivity index (χ3n) is 3.41. The lowest BCUT2D eigenvalue weighted by Crippen LogP contribution is -1.98. The molecule has 0 saturated heterocycles. The molecule has 24 heavy (non-hydrogen) atoms. The molecule has 3 rings (SSSR count). The van der Waals surface area contributed by atoms with E-state index in [0.717, 1.165) is 34.5 Å². The van der Waals surface area contributed by atoms with Crippen molar-refractivity contribution in [2.24, 2.45) is 0 Å². The van der Waals surface area contributed by atoms with E-state index in [-0.39, 0.29) is 5.12 Å². The molecule has 0 N–H and O–H groups in total. The van der Waals surface area contributed by atoms with Crippen LogP contribution in [0.3, 0.4) is 0 Å². The number of hydrogen-bond acceptors (Lipinski definition) is 5. The highest BCUT2D eigenvalue weighted by molar-refractivity contribution is 8.14. The summed E-state index contributed by atoms with van der Waals surface area (Å²) < 4.78 is 5.17. The van der Waals surface area contributed by atoms with Crippen molar-refractivity contribution >= 4 is 16.9 Å². The van der Waals surface area contributed by atoms with Crippen LogP contribution in [-0.4, -0.2) is 22.2 Å². The molecule has 0 amide bonds. The summed E-state index contributed by atoms with van der Waals surface area (Å²) in [5, 5.41) is 0.386. The van der Waals surface area contributed by atoms with E-state index in [0.29, 0.717) is 10.7 Å². The van der Waals surface area contributed by atoms with Gasteiger partial charge in [-0.1, -0.05) is 30.3 Å². The topological polar surface area (TPSA) is 52.1 Å². The molecular weight excluding hydrogens is 320 g/mol. The Labute approximate surface area is 144 Å².